The summed E-state index contributed by atoms with van der Waals surface area (Å²) >= 11 is 3.35. The zero-order valence-electron chi connectivity index (χ0n) is 11.3. The van der Waals surface area contributed by atoms with Crippen LogP contribution in [0.15, 0.2) is 22.7 Å². The average Bonchev–Trinajstić information content (AvgIpc) is 2.32. The van der Waals surface area contributed by atoms with Crippen LogP contribution in [-0.4, -0.2) is 34.5 Å². The Morgan fingerprint density at radius 1 is 1.42 bits per heavy atom. The summed E-state index contributed by atoms with van der Waals surface area (Å²) in [5.41, 5.74) is 1.49. The smallest absolute Gasteiger partial charge is 0.305 e. The third-order valence-electron chi connectivity index (χ3n) is 3.03. The van der Waals surface area contributed by atoms with Crippen LogP contribution in [-0.2, 0) is 4.79 Å². The lowest BCUT2D eigenvalue weighted by Gasteiger charge is -2.27. The van der Waals surface area contributed by atoms with Crippen molar-refractivity contribution in [3.8, 4) is 0 Å². The molecule has 0 aliphatic rings. The van der Waals surface area contributed by atoms with E-state index < -0.39 is 5.97 Å². The van der Waals surface area contributed by atoms with Crippen molar-refractivity contribution in [2.24, 2.45) is 0 Å². The minimum atomic E-state index is -0.898. The van der Waals surface area contributed by atoms with Crippen LogP contribution in [0.4, 0.5) is 0 Å². The number of halogens is 1. The normalized spacial score (nSPS) is 12.0. The molecule has 0 aromatic heterocycles. The molecule has 0 radical (unpaired) electrons. The number of carboxylic acids is 1. The van der Waals surface area contributed by atoms with Crippen LogP contribution in [0.5, 0.6) is 0 Å². The number of amides is 1. The van der Waals surface area contributed by atoms with Gasteiger partial charge in [0.15, 0.2) is 0 Å². The predicted octanol–water partition coefficient (Wildman–Crippen LogP) is 3.08. The standard InChI is InChI=1S/C14H18BrNO3/c1-4-16(10(3)7-13(17)18)14(19)12-8-11(15)6-5-9(12)2/h5-6,8,10H,4,7H2,1-3H3,(H,17,18). The molecule has 0 fully saturated rings. The summed E-state index contributed by atoms with van der Waals surface area (Å²) in [5.74, 6) is -1.03. The van der Waals surface area contributed by atoms with Crippen molar-refractivity contribution in [2.45, 2.75) is 33.2 Å². The summed E-state index contributed by atoms with van der Waals surface area (Å²) in [6.45, 7) is 5.96. The maximum absolute atomic E-state index is 12.5. The molecule has 1 rings (SSSR count). The van der Waals surface area contributed by atoms with Gasteiger partial charge in [0.1, 0.15) is 0 Å². The summed E-state index contributed by atoms with van der Waals surface area (Å²) in [4.78, 5) is 24.8. The number of hydrogen-bond acceptors (Lipinski definition) is 2. The molecule has 0 aliphatic heterocycles. The molecule has 0 saturated carbocycles. The van der Waals surface area contributed by atoms with Gasteiger partial charge in [-0.3, -0.25) is 9.59 Å². The lowest BCUT2D eigenvalue weighted by molar-refractivity contribution is -0.138. The number of carbonyl (C=O) groups excluding carboxylic acids is 1. The molecule has 4 nitrogen and oxygen atoms in total. The molecule has 0 spiro atoms. The lowest BCUT2D eigenvalue weighted by atomic mass is 10.1. The highest BCUT2D eigenvalue weighted by molar-refractivity contribution is 9.10. The topological polar surface area (TPSA) is 57.6 Å². The van der Waals surface area contributed by atoms with E-state index in [2.05, 4.69) is 15.9 Å². The Morgan fingerprint density at radius 3 is 2.58 bits per heavy atom. The van der Waals surface area contributed by atoms with Gasteiger partial charge in [-0.05, 0) is 38.5 Å². The van der Waals surface area contributed by atoms with Crippen LogP contribution < -0.4 is 0 Å². The zero-order valence-corrected chi connectivity index (χ0v) is 12.9. The van der Waals surface area contributed by atoms with Crippen LogP contribution in [0, 0.1) is 6.92 Å². The van der Waals surface area contributed by atoms with Crippen molar-refractivity contribution < 1.29 is 14.7 Å². The summed E-state index contributed by atoms with van der Waals surface area (Å²) in [6.07, 6.45) is -0.0490. The van der Waals surface area contributed by atoms with Crippen LogP contribution in [0.25, 0.3) is 0 Å². The van der Waals surface area contributed by atoms with Gasteiger partial charge < -0.3 is 10.0 Å². The minimum Gasteiger partial charge on any atom is -0.481 e. The number of benzene rings is 1. The Labute approximate surface area is 121 Å². The Kier molecular flexibility index (Phi) is 5.54. The summed E-state index contributed by atoms with van der Waals surface area (Å²) < 4.78 is 0.836. The van der Waals surface area contributed by atoms with Gasteiger partial charge in [0.25, 0.3) is 5.91 Å². The summed E-state index contributed by atoms with van der Waals surface area (Å²) in [6, 6.07) is 5.19. The van der Waals surface area contributed by atoms with Gasteiger partial charge in [0, 0.05) is 22.6 Å². The Balaban J connectivity index is 3.01. The van der Waals surface area contributed by atoms with E-state index in [-0.39, 0.29) is 18.4 Å². The Hall–Kier alpha value is -1.36. The second-order valence-corrected chi connectivity index (χ2v) is 5.41. The fourth-order valence-corrected chi connectivity index (χ4v) is 2.36. The van der Waals surface area contributed by atoms with Gasteiger partial charge in [-0.25, -0.2) is 0 Å². The third-order valence-corrected chi connectivity index (χ3v) is 3.53. The van der Waals surface area contributed by atoms with Gasteiger partial charge >= 0.3 is 5.97 Å². The molecule has 5 heteroatoms. The van der Waals surface area contributed by atoms with Crippen molar-refractivity contribution in [1.29, 1.82) is 0 Å². The van der Waals surface area contributed by atoms with E-state index in [1.807, 2.05) is 26.0 Å². The monoisotopic (exact) mass is 327 g/mol. The maximum atomic E-state index is 12.5. The largest absolute Gasteiger partial charge is 0.481 e. The van der Waals surface area contributed by atoms with Gasteiger partial charge in [0.05, 0.1) is 6.42 Å². The van der Waals surface area contributed by atoms with E-state index in [1.54, 1.807) is 17.9 Å². The molecule has 1 amide bonds. The molecule has 0 aliphatic carbocycles. The molecule has 1 aromatic rings. The predicted molar refractivity (Wildman–Crippen MR) is 77.3 cm³/mol. The molecule has 19 heavy (non-hydrogen) atoms. The highest BCUT2D eigenvalue weighted by Crippen LogP contribution is 2.19. The van der Waals surface area contributed by atoms with Crippen molar-refractivity contribution >= 4 is 27.8 Å². The fourth-order valence-electron chi connectivity index (χ4n) is 2.00. The highest BCUT2D eigenvalue weighted by Gasteiger charge is 2.23. The lowest BCUT2D eigenvalue weighted by Crippen LogP contribution is -2.40. The van der Waals surface area contributed by atoms with E-state index in [9.17, 15) is 9.59 Å². The molecule has 0 saturated heterocycles. The van der Waals surface area contributed by atoms with Crippen LogP contribution in [0.3, 0.4) is 0 Å². The maximum Gasteiger partial charge on any atom is 0.305 e. The number of aliphatic carboxylic acids is 1. The number of carboxylic acid groups (broad SMARTS) is 1. The van der Waals surface area contributed by atoms with Crippen molar-refractivity contribution in [3.63, 3.8) is 0 Å². The Bertz CT molecular complexity index is 488. The summed E-state index contributed by atoms with van der Waals surface area (Å²) in [7, 11) is 0. The van der Waals surface area contributed by atoms with Gasteiger partial charge in [-0.2, -0.15) is 0 Å². The molecule has 1 N–H and O–H groups in total. The van der Waals surface area contributed by atoms with Crippen LogP contribution >= 0.6 is 15.9 Å². The first-order valence-electron chi connectivity index (χ1n) is 6.15. The van der Waals surface area contributed by atoms with E-state index in [0.717, 1.165) is 10.0 Å². The molecule has 0 heterocycles. The van der Waals surface area contributed by atoms with Crippen molar-refractivity contribution in [2.75, 3.05) is 6.54 Å². The molecule has 1 aromatic carbocycles. The minimum absolute atomic E-state index is 0.0490. The Morgan fingerprint density at radius 2 is 2.05 bits per heavy atom. The van der Waals surface area contributed by atoms with E-state index in [4.69, 9.17) is 5.11 Å². The quantitative estimate of drug-likeness (QED) is 0.904. The molecular formula is C14H18BrNO3. The van der Waals surface area contributed by atoms with Crippen molar-refractivity contribution in [3.05, 3.63) is 33.8 Å². The molecule has 0 bridgehead atoms. The second kappa shape index (κ2) is 6.70. The van der Waals surface area contributed by atoms with Gasteiger partial charge in [-0.15, -0.1) is 0 Å². The second-order valence-electron chi connectivity index (χ2n) is 4.50. The SMILES string of the molecule is CCN(C(=O)c1cc(Br)ccc1C)C(C)CC(=O)O. The van der Waals surface area contributed by atoms with Crippen molar-refractivity contribution in [1.82, 2.24) is 4.90 Å². The van der Waals surface area contributed by atoms with Crippen LogP contribution in [0.2, 0.25) is 0 Å². The highest BCUT2D eigenvalue weighted by atomic mass is 79.9. The molecular weight excluding hydrogens is 310 g/mol. The number of aryl methyl sites for hydroxylation is 1. The molecule has 104 valence electrons. The molecule has 1 unspecified atom stereocenters. The number of hydrogen-bond donors (Lipinski definition) is 1. The zero-order chi connectivity index (χ0) is 14.6. The summed E-state index contributed by atoms with van der Waals surface area (Å²) in [5, 5.41) is 8.83. The first-order valence-corrected chi connectivity index (χ1v) is 6.95. The van der Waals surface area contributed by atoms with E-state index in [1.165, 1.54) is 0 Å². The van der Waals surface area contributed by atoms with Crippen LogP contribution in [0.1, 0.15) is 36.2 Å². The molecule has 1 atom stereocenters. The average molecular weight is 328 g/mol. The van der Waals surface area contributed by atoms with Gasteiger partial charge in [-0.1, -0.05) is 22.0 Å². The fraction of sp³-hybridized carbons (Fsp3) is 0.429. The van der Waals surface area contributed by atoms with Gasteiger partial charge in [0.2, 0.25) is 0 Å². The first kappa shape index (κ1) is 15.7. The number of rotatable bonds is 5. The first-order chi connectivity index (χ1) is 8.86. The van der Waals surface area contributed by atoms with E-state index >= 15 is 0 Å². The third kappa shape index (κ3) is 4.06. The number of carbonyl (C=O) groups is 2. The number of nitrogens with zero attached hydrogens (tertiary/aromatic N) is 1. The van der Waals surface area contributed by atoms with E-state index in [0.29, 0.717) is 12.1 Å².